The number of amides is 2. The van der Waals surface area contributed by atoms with E-state index in [4.69, 9.17) is 0 Å². The van der Waals surface area contributed by atoms with Gasteiger partial charge in [-0.15, -0.1) is 0 Å². The highest BCUT2D eigenvalue weighted by Crippen LogP contribution is 2.36. The molecule has 7 rings (SSSR count). The lowest BCUT2D eigenvalue weighted by atomic mass is 9.85. The zero-order valence-corrected chi connectivity index (χ0v) is 32.4. The topological polar surface area (TPSA) is 119 Å². The summed E-state index contributed by atoms with van der Waals surface area (Å²) < 4.78 is 27.3. The van der Waals surface area contributed by atoms with Crippen molar-refractivity contribution in [1.82, 2.24) is 29.4 Å². The second-order valence-corrected chi connectivity index (χ2v) is 18.0. The molecule has 4 fully saturated rings. The van der Waals surface area contributed by atoms with E-state index in [0.29, 0.717) is 24.7 Å². The molecule has 3 saturated heterocycles. The molecule has 53 heavy (non-hydrogen) atoms. The van der Waals surface area contributed by atoms with Crippen LogP contribution in [0.3, 0.4) is 0 Å². The Hall–Kier alpha value is -3.87. The first-order chi connectivity index (χ1) is 25.5. The average Bonchev–Trinajstić information content (AvgIpc) is 3.93. The number of hydrogen-bond donors (Lipinski definition) is 1. The van der Waals surface area contributed by atoms with Crippen molar-refractivity contribution in [2.24, 2.45) is 0 Å². The van der Waals surface area contributed by atoms with Crippen LogP contribution in [0.15, 0.2) is 60.9 Å². The third kappa shape index (κ3) is 8.44. The summed E-state index contributed by atoms with van der Waals surface area (Å²) in [6.07, 6.45) is 8.77. The van der Waals surface area contributed by atoms with E-state index in [-0.39, 0.29) is 35.1 Å². The zero-order valence-electron chi connectivity index (χ0n) is 31.5. The molecule has 0 bridgehead atoms. The summed E-state index contributed by atoms with van der Waals surface area (Å²) in [6.45, 7) is 11.4. The monoisotopic (exact) mass is 741 g/mol. The standard InChI is InChI=1S/C41H55N7O4S/c1-30-39(31(2)44-29-43-30)40(50)45-24-19-41(3,20-25-45)46-22-17-35(18-23-46)47(28-33-8-5-4-6-9-33)34-13-11-32(12-14-34)27-42-38(49)26-36-10-7-21-48(36)53(51,52)37-15-16-37/h4-6,8-9,11-14,29,35-37H,7,10,15-28H2,1-3H3,(H,42,49). The van der Waals surface area contributed by atoms with E-state index < -0.39 is 10.0 Å². The van der Waals surface area contributed by atoms with Gasteiger partial charge in [-0.05, 0) is 95.4 Å². The largest absolute Gasteiger partial charge is 0.364 e. The normalized spacial score (nSPS) is 21.4. The summed E-state index contributed by atoms with van der Waals surface area (Å²) in [5, 5.41) is 2.81. The number of benzene rings is 2. The van der Waals surface area contributed by atoms with Gasteiger partial charge in [0.25, 0.3) is 5.91 Å². The molecule has 284 valence electrons. The maximum absolute atomic E-state index is 13.4. The Bertz CT molecular complexity index is 1830. The van der Waals surface area contributed by atoms with Gasteiger partial charge in [-0.1, -0.05) is 42.5 Å². The van der Waals surface area contributed by atoms with E-state index in [1.165, 1.54) is 17.6 Å². The number of aryl methyl sites for hydroxylation is 2. The molecule has 0 radical (unpaired) electrons. The van der Waals surface area contributed by atoms with Crippen LogP contribution in [0.2, 0.25) is 0 Å². The highest BCUT2D eigenvalue weighted by atomic mass is 32.2. The molecule has 1 saturated carbocycles. The molecule has 0 spiro atoms. The number of aromatic nitrogens is 2. The molecule has 11 nitrogen and oxygen atoms in total. The molecule has 1 aliphatic carbocycles. The Morgan fingerprint density at radius 2 is 1.51 bits per heavy atom. The Balaban J connectivity index is 0.946. The number of rotatable bonds is 12. The Morgan fingerprint density at radius 1 is 0.849 bits per heavy atom. The van der Waals surface area contributed by atoms with Gasteiger partial charge in [-0.3, -0.25) is 14.5 Å². The molecule has 1 unspecified atom stereocenters. The minimum atomic E-state index is -3.27. The van der Waals surface area contributed by atoms with Crippen LogP contribution >= 0.6 is 0 Å². The minimum Gasteiger partial charge on any atom is -0.364 e. The van der Waals surface area contributed by atoms with Crippen LogP contribution < -0.4 is 10.2 Å². The Morgan fingerprint density at radius 3 is 2.15 bits per heavy atom. The third-order valence-corrected chi connectivity index (χ3v) is 14.7. The number of carbonyl (C=O) groups excluding carboxylic acids is 2. The van der Waals surface area contributed by atoms with Crippen LogP contribution in [0.25, 0.3) is 0 Å². The molecule has 3 aliphatic heterocycles. The molecule has 2 amide bonds. The van der Waals surface area contributed by atoms with Gasteiger partial charge in [-0.25, -0.2) is 18.4 Å². The zero-order chi connectivity index (χ0) is 37.2. The smallest absolute Gasteiger partial charge is 0.257 e. The molecule has 12 heteroatoms. The first-order valence-corrected chi connectivity index (χ1v) is 21.0. The van der Waals surface area contributed by atoms with Crippen LogP contribution in [-0.2, 0) is 27.9 Å². The predicted octanol–water partition coefficient (Wildman–Crippen LogP) is 5.22. The lowest BCUT2D eigenvalue weighted by Gasteiger charge is -2.50. The molecular formula is C41H55N7O4S. The van der Waals surface area contributed by atoms with E-state index >= 15 is 0 Å². The van der Waals surface area contributed by atoms with E-state index in [1.807, 2.05) is 18.7 Å². The van der Waals surface area contributed by atoms with Crippen molar-refractivity contribution in [3.05, 3.63) is 89.0 Å². The minimum absolute atomic E-state index is 0.0449. The number of hydrogen-bond acceptors (Lipinski definition) is 8. The van der Waals surface area contributed by atoms with Crippen molar-refractivity contribution in [3.63, 3.8) is 0 Å². The fourth-order valence-electron chi connectivity index (χ4n) is 8.69. The summed E-state index contributed by atoms with van der Waals surface area (Å²) in [7, 11) is -3.27. The van der Waals surface area contributed by atoms with Gasteiger partial charge in [0.1, 0.15) is 6.33 Å². The van der Waals surface area contributed by atoms with Gasteiger partial charge in [0, 0.05) is 75.5 Å². The van der Waals surface area contributed by atoms with Gasteiger partial charge in [0.05, 0.1) is 22.2 Å². The predicted molar refractivity (Wildman–Crippen MR) is 207 cm³/mol. The molecule has 1 N–H and O–H groups in total. The molecule has 1 aromatic heterocycles. The molecule has 3 aromatic rings. The van der Waals surface area contributed by atoms with E-state index in [2.05, 4.69) is 86.6 Å². The molecule has 4 heterocycles. The number of likely N-dealkylation sites (tertiary alicyclic amines) is 2. The van der Waals surface area contributed by atoms with Crippen molar-refractivity contribution in [2.45, 2.75) is 115 Å². The fourth-order valence-corrected chi connectivity index (χ4v) is 10.8. The number of sulfonamides is 1. The molecule has 1 atom stereocenters. The first kappa shape index (κ1) is 37.4. The number of piperidine rings is 2. The lowest BCUT2D eigenvalue weighted by molar-refractivity contribution is -0.122. The highest BCUT2D eigenvalue weighted by Gasteiger charge is 2.45. The fraction of sp³-hybridized carbons (Fsp3) is 0.561. The number of nitrogens with zero attached hydrogens (tertiary/aromatic N) is 6. The SMILES string of the molecule is Cc1ncnc(C)c1C(=O)N1CCC(C)(N2CCC(N(Cc3ccccc3)c3ccc(CNC(=O)CC4CCCN4S(=O)(=O)C4CC4)cc3)CC2)CC1. The van der Waals surface area contributed by atoms with Gasteiger partial charge >= 0.3 is 0 Å². The second kappa shape index (κ2) is 15.8. The Kier molecular flexibility index (Phi) is 11.2. The van der Waals surface area contributed by atoms with Gasteiger partial charge in [0.2, 0.25) is 15.9 Å². The summed E-state index contributed by atoms with van der Waals surface area (Å²) in [6, 6.07) is 19.3. The lowest BCUT2D eigenvalue weighted by Crippen LogP contribution is -2.58. The first-order valence-electron chi connectivity index (χ1n) is 19.5. The van der Waals surface area contributed by atoms with Crippen LogP contribution in [0.5, 0.6) is 0 Å². The third-order valence-electron chi connectivity index (χ3n) is 12.2. The molecule has 4 aliphatic rings. The quantitative estimate of drug-likeness (QED) is 0.269. The van der Waals surface area contributed by atoms with Crippen molar-refractivity contribution in [2.75, 3.05) is 37.6 Å². The Labute approximate surface area is 315 Å². The van der Waals surface area contributed by atoms with Crippen molar-refractivity contribution >= 4 is 27.5 Å². The van der Waals surface area contributed by atoms with E-state index in [1.54, 1.807) is 4.31 Å². The van der Waals surface area contributed by atoms with Crippen LogP contribution in [0.4, 0.5) is 5.69 Å². The number of nitrogens with one attached hydrogen (secondary N) is 1. The maximum Gasteiger partial charge on any atom is 0.257 e. The summed E-state index contributed by atoms with van der Waals surface area (Å²) in [4.78, 5) is 42.1. The van der Waals surface area contributed by atoms with Crippen LogP contribution in [-0.4, -0.2) is 99.9 Å². The van der Waals surface area contributed by atoms with Gasteiger partial charge < -0.3 is 15.1 Å². The summed E-state index contributed by atoms with van der Waals surface area (Å²) in [5.41, 5.74) is 5.64. The number of anilines is 1. The van der Waals surface area contributed by atoms with Crippen molar-refractivity contribution in [1.29, 1.82) is 0 Å². The second-order valence-electron chi connectivity index (χ2n) is 15.8. The van der Waals surface area contributed by atoms with Crippen LogP contribution in [0.1, 0.15) is 97.6 Å². The number of carbonyl (C=O) groups is 2. The van der Waals surface area contributed by atoms with Crippen LogP contribution in [0, 0.1) is 13.8 Å². The van der Waals surface area contributed by atoms with Crippen molar-refractivity contribution < 1.29 is 18.0 Å². The molecular weight excluding hydrogens is 687 g/mol. The summed E-state index contributed by atoms with van der Waals surface area (Å²) >= 11 is 0. The highest BCUT2D eigenvalue weighted by molar-refractivity contribution is 7.90. The average molecular weight is 742 g/mol. The maximum atomic E-state index is 13.4. The van der Waals surface area contributed by atoms with Gasteiger partial charge in [-0.2, -0.15) is 4.31 Å². The van der Waals surface area contributed by atoms with E-state index in [0.717, 1.165) is 101 Å². The summed E-state index contributed by atoms with van der Waals surface area (Å²) in [5.74, 6) is -0.0557. The molecule has 2 aromatic carbocycles. The van der Waals surface area contributed by atoms with Gasteiger partial charge in [0.15, 0.2) is 0 Å². The van der Waals surface area contributed by atoms with E-state index in [9.17, 15) is 18.0 Å². The van der Waals surface area contributed by atoms with Crippen molar-refractivity contribution in [3.8, 4) is 0 Å².